The second kappa shape index (κ2) is 5.59. The lowest BCUT2D eigenvalue weighted by Crippen LogP contribution is -2.47. The molecule has 9 heteroatoms. The molecule has 0 unspecified atom stereocenters. The molecular formula is C15H18N8O. The molecule has 0 radical (unpaired) electrons. The van der Waals surface area contributed by atoms with E-state index in [1.807, 2.05) is 19.1 Å². The van der Waals surface area contributed by atoms with Gasteiger partial charge in [-0.25, -0.2) is 4.68 Å². The first kappa shape index (κ1) is 14.6. The molecule has 0 atom stereocenters. The second-order valence-electron chi connectivity index (χ2n) is 5.86. The van der Waals surface area contributed by atoms with Crippen LogP contribution in [0.4, 0.5) is 11.5 Å². The van der Waals surface area contributed by atoms with Gasteiger partial charge < -0.3 is 9.80 Å². The normalized spacial score (nSPS) is 15.2. The number of hydrogen-bond acceptors (Lipinski definition) is 7. The molecule has 9 nitrogen and oxygen atoms in total. The van der Waals surface area contributed by atoms with Crippen LogP contribution in [0.1, 0.15) is 5.82 Å². The van der Waals surface area contributed by atoms with Crippen molar-refractivity contribution in [3.63, 3.8) is 0 Å². The molecular weight excluding hydrogens is 308 g/mol. The fourth-order valence-corrected chi connectivity index (χ4v) is 2.88. The number of fused-ring (bicyclic) bond motifs is 1. The average molecular weight is 326 g/mol. The number of aromatic nitrogens is 6. The number of rotatable bonds is 2. The summed E-state index contributed by atoms with van der Waals surface area (Å²) in [5.74, 6) is 1.68. The lowest BCUT2D eigenvalue weighted by atomic mass is 10.3. The molecule has 24 heavy (non-hydrogen) atoms. The Morgan fingerprint density at radius 1 is 1.04 bits per heavy atom. The van der Waals surface area contributed by atoms with Gasteiger partial charge in [0.1, 0.15) is 5.82 Å². The molecule has 0 N–H and O–H groups in total. The van der Waals surface area contributed by atoms with Crippen LogP contribution < -0.4 is 15.4 Å². The van der Waals surface area contributed by atoms with Crippen LogP contribution in [0.2, 0.25) is 0 Å². The minimum absolute atomic E-state index is 0.0925. The van der Waals surface area contributed by atoms with Gasteiger partial charge in [-0.1, -0.05) is 0 Å². The molecule has 0 amide bonds. The van der Waals surface area contributed by atoms with Crippen LogP contribution in [-0.2, 0) is 7.05 Å². The van der Waals surface area contributed by atoms with Gasteiger partial charge in [0.25, 0.3) is 5.56 Å². The van der Waals surface area contributed by atoms with Crippen molar-refractivity contribution in [3.05, 3.63) is 40.6 Å². The van der Waals surface area contributed by atoms with Crippen LogP contribution in [0.5, 0.6) is 0 Å². The van der Waals surface area contributed by atoms with Gasteiger partial charge in [0.05, 0.1) is 11.9 Å². The third kappa shape index (κ3) is 2.47. The van der Waals surface area contributed by atoms with Crippen molar-refractivity contribution >= 4 is 17.2 Å². The van der Waals surface area contributed by atoms with Gasteiger partial charge in [0, 0.05) is 39.3 Å². The standard InChI is InChI=1S/C15H18N8O/c1-11-17-18-13-3-4-14(19-23(11)13)22-7-5-21(6-8-22)12-9-15(24)20(2)16-10-12/h3-4,9-10H,5-8H2,1-2H3. The van der Waals surface area contributed by atoms with Gasteiger partial charge in [-0.3, -0.25) is 4.79 Å². The maximum atomic E-state index is 11.7. The fourth-order valence-electron chi connectivity index (χ4n) is 2.88. The predicted molar refractivity (Wildman–Crippen MR) is 89.4 cm³/mol. The summed E-state index contributed by atoms with van der Waals surface area (Å²) in [6, 6.07) is 5.53. The quantitative estimate of drug-likeness (QED) is 0.647. The second-order valence-corrected chi connectivity index (χ2v) is 5.86. The van der Waals surface area contributed by atoms with Crippen LogP contribution in [0.25, 0.3) is 5.65 Å². The summed E-state index contributed by atoms with van der Waals surface area (Å²) in [6.07, 6.45) is 1.74. The Morgan fingerprint density at radius 3 is 2.54 bits per heavy atom. The van der Waals surface area contributed by atoms with E-state index in [-0.39, 0.29) is 5.56 Å². The summed E-state index contributed by atoms with van der Waals surface area (Å²) in [5.41, 5.74) is 1.53. The molecule has 1 aliphatic rings. The highest BCUT2D eigenvalue weighted by Gasteiger charge is 2.19. The lowest BCUT2D eigenvalue weighted by molar-refractivity contribution is 0.633. The Kier molecular flexibility index (Phi) is 3.40. The maximum absolute atomic E-state index is 11.7. The van der Waals surface area contributed by atoms with Gasteiger partial charge in [0.15, 0.2) is 11.5 Å². The van der Waals surface area contributed by atoms with Crippen LogP contribution in [-0.4, -0.2) is 55.8 Å². The molecule has 1 saturated heterocycles. The Morgan fingerprint density at radius 2 is 1.79 bits per heavy atom. The summed E-state index contributed by atoms with van der Waals surface area (Å²) in [7, 11) is 1.65. The molecule has 0 aliphatic carbocycles. The Labute approximate surface area is 138 Å². The van der Waals surface area contributed by atoms with Gasteiger partial charge in [-0.15, -0.1) is 15.3 Å². The molecule has 4 heterocycles. The van der Waals surface area contributed by atoms with Crippen molar-refractivity contribution in [3.8, 4) is 0 Å². The van der Waals surface area contributed by atoms with Crippen LogP contribution in [0.3, 0.4) is 0 Å². The number of aryl methyl sites for hydroxylation is 2. The molecule has 0 aromatic carbocycles. The summed E-state index contributed by atoms with van der Waals surface area (Å²) < 4.78 is 3.09. The van der Waals surface area contributed by atoms with Crippen molar-refractivity contribution in [1.82, 2.24) is 29.6 Å². The van der Waals surface area contributed by atoms with Gasteiger partial charge >= 0.3 is 0 Å². The number of piperazine rings is 1. The van der Waals surface area contributed by atoms with Crippen molar-refractivity contribution in [2.45, 2.75) is 6.92 Å². The molecule has 124 valence electrons. The Bertz CT molecular complexity index is 938. The van der Waals surface area contributed by atoms with Crippen LogP contribution >= 0.6 is 0 Å². The zero-order valence-corrected chi connectivity index (χ0v) is 13.6. The maximum Gasteiger partial charge on any atom is 0.268 e. The monoisotopic (exact) mass is 326 g/mol. The number of anilines is 2. The molecule has 1 aliphatic heterocycles. The summed E-state index contributed by atoms with van der Waals surface area (Å²) in [6.45, 7) is 5.17. The minimum Gasteiger partial charge on any atom is -0.367 e. The van der Waals surface area contributed by atoms with Crippen molar-refractivity contribution in [2.75, 3.05) is 36.0 Å². The van der Waals surface area contributed by atoms with Gasteiger partial charge in [-0.2, -0.15) is 9.61 Å². The summed E-state index contributed by atoms with van der Waals surface area (Å²) in [5, 5.41) is 16.8. The molecule has 0 bridgehead atoms. The lowest BCUT2D eigenvalue weighted by Gasteiger charge is -2.36. The van der Waals surface area contributed by atoms with Crippen molar-refractivity contribution < 1.29 is 0 Å². The van der Waals surface area contributed by atoms with Crippen LogP contribution in [0, 0.1) is 6.92 Å². The number of hydrogen-bond donors (Lipinski definition) is 0. The molecule has 3 aromatic rings. The third-order valence-electron chi connectivity index (χ3n) is 4.33. The molecule has 0 saturated carbocycles. The Hall–Kier alpha value is -2.97. The molecule has 4 rings (SSSR count). The van der Waals surface area contributed by atoms with Crippen molar-refractivity contribution in [1.29, 1.82) is 0 Å². The zero-order chi connectivity index (χ0) is 16.7. The van der Waals surface area contributed by atoms with E-state index < -0.39 is 0 Å². The zero-order valence-electron chi connectivity index (χ0n) is 13.6. The largest absolute Gasteiger partial charge is 0.367 e. The van der Waals surface area contributed by atoms with E-state index in [9.17, 15) is 4.79 Å². The Balaban J connectivity index is 1.51. The first-order chi connectivity index (χ1) is 11.6. The van der Waals surface area contributed by atoms with E-state index in [4.69, 9.17) is 0 Å². The average Bonchev–Trinajstić information content (AvgIpc) is 2.98. The van der Waals surface area contributed by atoms with Gasteiger partial charge in [0.2, 0.25) is 0 Å². The topological polar surface area (TPSA) is 84.5 Å². The highest BCUT2D eigenvalue weighted by molar-refractivity contribution is 5.49. The highest BCUT2D eigenvalue weighted by Crippen LogP contribution is 2.18. The van der Waals surface area contributed by atoms with E-state index in [2.05, 4.69) is 30.2 Å². The predicted octanol–water partition coefficient (Wildman–Crippen LogP) is -0.147. The SMILES string of the molecule is Cc1nnc2ccc(N3CCN(c4cnn(C)c(=O)c4)CC3)nn12. The first-order valence-corrected chi connectivity index (χ1v) is 7.84. The summed E-state index contributed by atoms with van der Waals surface area (Å²) in [4.78, 5) is 16.1. The molecule has 0 spiro atoms. The highest BCUT2D eigenvalue weighted by atomic mass is 16.1. The number of nitrogens with zero attached hydrogens (tertiary/aromatic N) is 8. The minimum atomic E-state index is -0.0925. The molecule has 1 fully saturated rings. The van der Waals surface area contributed by atoms with E-state index in [1.165, 1.54) is 4.68 Å². The van der Waals surface area contributed by atoms with Crippen molar-refractivity contribution in [2.24, 2.45) is 7.05 Å². The van der Waals surface area contributed by atoms with E-state index in [0.29, 0.717) is 0 Å². The summed E-state index contributed by atoms with van der Waals surface area (Å²) >= 11 is 0. The fraction of sp³-hybridized carbons (Fsp3) is 0.400. The van der Waals surface area contributed by atoms with E-state index in [0.717, 1.165) is 49.2 Å². The smallest absolute Gasteiger partial charge is 0.268 e. The third-order valence-corrected chi connectivity index (χ3v) is 4.33. The van der Waals surface area contributed by atoms with Crippen LogP contribution in [0.15, 0.2) is 29.2 Å². The van der Waals surface area contributed by atoms with E-state index >= 15 is 0 Å². The van der Waals surface area contributed by atoms with Gasteiger partial charge in [-0.05, 0) is 19.1 Å². The van der Waals surface area contributed by atoms with E-state index in [1.54, 1.807) is 23.8 Å². The molecule has 3 aromatic heterocycles. The first-order valence-electron chi connectivity index (χ1n) is 7.84.